The van der Waals surface area contributed by atoms with Gasteiger partial charge in [0.15, 0.2) is 0 Å². The average molecular weight is 342 g/mol. The summed E-state index contributed by atoms with van der Waals surface area (Å²) < 4.78 is 6.95. The van der Waals surface area contributed by atoms with Gasteiger partial charge in [-0.15, -0.1) is 0 Å². The van der Waals surface area contributed by atoms with Gasteiger partial charge in [0, 0.05) is 35.4 Å². The van der Waals surface area contributed by atoms with Gasteiger partial charge in [0.05, 0.1) is 12.2 Å². The molecular formula is C16H24BrNO2. The number of rotatable bonds is 5. The lowest BCUT2D eigenvalue weighted by atomic mass is 10.0. The van der Waals surface area contributed by atoms with E-state index in [-0.39, 0.29) is 0 Å². The van der Waals surface area contributed by atoms with Gasteiger partial charge in [-0.2, -0.15) is 0 Å². The molecule has 1 aromatic rings. The molecule has 2 unspecified atom stereocenters. The van der Waals surface area contributed by atoms with E-state index in [1.165, 1.54) is 0 Å². The number of hydrogen-bond donors (Lipinski definition) is 1. The summed E-state index contributed by atoms with van der Waals surface area (Å²) in [7, 11) is 0. The van der Waals surface area contributed by atoms with Crippen molar-refractivity contribution in [1.29, 1.82) is 0 Å². The summed E-state index contributed by atoms with van der Waals surface area (Å²) in [5.41, 5.74) is 2.11. The molecule has 0 radical (unpaired) electrons. The number of ether oxygens (including phenoxy) is 1. The maximum Gasteiger partial charge on any atom is 0.0782 e. The predicted molar refractivity (Wildman–Crippen MR) is 86.3 cm³/mol. The minimum absolute atomic E-state index is 0.310. The number of aliphatic hydroxyl groups is 1. The molecule has 1 aliphatic rings. The van der Waals surface area contributed by atoms with Crippen LogP contribution in [-0.4, -0.2) is 30.9 Å². The molecule has 2 atom stereocenters. The monoisotopic (exact) mass is 341 g/mol. The predicted octanol–water partition coefficient (Wildman–Crippen LogP) is 3.90. The molecule has 0 aromatic heterocycles. The van der Waals surface area contributed by atoms with E-state index in [4.69, 9.17) is 4.74 Å². The molecule has 112 valence electrons. The molecule has 3 nitrogen and oxygen atoms in total. The second kappa shape index (κ2) is 7.43. The van der Waals surface area contributed by atoms with Crippen molar-refractivity contribution in [3.63, 3.8) is 0 Å². The fourth-order valence-corrected chi connectivity index (χ4v) is 3.07. The van der Waals surface area contributed by atoms with Crippen molar-refractivity contribution in [2.24, 2.45) is 0 Å². The standard InChI is InChI=1S/C16H24BrNO2/c1-3-9-20-14-5-4-8-18(11-14)16-10-13(17)6-7-15(16)12(2)19/h6-7,10,12,14,19H,3-5,8-9,11H2,1-2H3. The van der Waals surface area contributed by atoms with Gasteiger partial charge in [0.2, 0.25) is 0 Å². The van der Waals surface area contributed by atoms with Gasteiger partial charge in [0.25, 0.3) is 0 Å². The molecule has 1 saturated heterocycles. The fraction of sp³-hybridized carbons (Fsp3) is 0.625. The Bertz CT molecular complexity index is 436. The number of piperidine rings is 1. The highest BCUT2D eigenvalue weighted by Crippen LogP contribution is 2.32. The topological polar surface area (TPSA) is 32.7 Å². The lowest BCUT2D eigenvalue weighted by molar-refractivity contribution is 0.0439. The van der Waals surface area contributed by atoms with E-state index in [1.807, 2.05) is 19.1 Å². The Labute approximate surface area is 130 Å². The number of halogens is 1. The Balaban J connectivity index is 2.15. The summed E-state index contributed by atoms with van der Waals surface area (Å²) in [5.74, 6) is 0. The van der Waals surface area contributed by atoms with Crippen LogP contribution in [0.5, 0.6) is 0 Å². The van der Waals surface area contributed by atoms with Gasteiger partial charge in [0.1, 0.15) is 0 Å². The molecule has 2 rings (SSSR count). The van der Waals surface area contributed by atoms with Gasteiger partial charge in [-0.25, -0.2) is 0 Å². The lowest BCUT2D eigenvalue weighted by Gasteiger charge is -2.36. The van der Waals surface area contributed by atoms with Crippen molar-refractivity contribution in [2.75, 3.05) is 24.6 Å². The zero-order valence-corrected chi connectivity index (χ0v) is 13.9. The largest absolute Gasteiger partial charge is 0.389 e. The van der Waals surface area contributed by atoms with Crippen LogP contribution in [-0.2, 0) is 4.74 Å². The van der Waals surface area contributed by atoms with Crippen molar-refractivity contribution in [1.82, 2.24) is 0 Å². The number of hydrogen-bond acceptors (Lipinski definition) is 3. The van der Waals surface area contributed by atoms with Crippen molar-refractivity contribution >= 4 is 21.6 Å². The van der Waals surface area contributed by atoms with Gasteiger partial charge < -0.3 is 14.7 Å². The van der Waals surface area contributed by atoms with Gasteiger partial charge in [-0.3, -0.25) is 0 Å². The molecule has 1 aliphatic heterocycles. The molecule has 4 heteroatoms. The van der Waals surface area contributed by atoms with Gasteiger partial charge >= 0.3 is 0 Å². The Morgan fingerprint density at radius 3 is 3.00 bits per heavy atom. The normalized spacial score (nSPS) is 21.0. The summed E-state index contributed by atoms with van der Waals surface area (Å²) in [4.78, 5) is 2.34. The average Bonchev–Trinajstić information content (AvgIpc) is 2.45. The van der Waals surface area contributed by atoms with Gasteiger partial charge in [-0.05, 0) is 38.3 Å². The van der Waals surface area contributed by atoms with Crippen molar-refractivity contribution in [2.45, 2.75) is 45.3 Å². The molecule has 1 heterocycles. The first-order chi connectivity index (χ1) is 9.61. The number of aliphatic hydroxyl groups excluding tert-OH is 1. The van der Waals surface area contributed by atoms with Crippen LogP contribution in [0.2, 0.25) is 0 Å². The van der Waals surface area contributed by atoms with Crippen LogP contribution in [0.3, 0.4) is 0 Å². The maximum atomic E-state index is 9.96. The van der Waals surface area contributed by atoms with E-state index >= 15 is 0 Å². The smallest absolute Gasteiger partial charge is 0.0782 e. The Morgan fingerprint density at radius 1 is 1.50 bits per heavy atom. The van der Waals surface area contributed by atoms with E-state index < -0.39 is 6.10 Å². The van der Waals surface area contributed by atoms with Gasteiger partial charge in [-0.1, -0.05) is 28.9 Å². The molecule has 1 fully saturated rings. The summed E-state index contributed by atoms with van der Waals surface area (Å²) in [6.07, 6.45) is 3.20. The molecular weight excluding hydrogens is 318 g/mol. The minimum Gasteiger partial charge on any atom is -0.389 e. The Morgan fingerprint density at radius 2 is 2.30 bits per heavy atom. The molecule has 0 spiro atoms. The van der Waals surface area contributed by atoms with Crippen molar-refractivity contribution in [3.8, 4) is 0 Å². The zero-order chi connectivity index (χ0) is 14.5. The third kappa shape index (κ3) is 3.96. The van der Waals surface area contributed by atoms with Crippen LogP contribution < -0.4 is 4.90 Å². The van der Waals surface area contributed by atoms with Crippen molar-refractivity contribution < 1.29 is 9.84 Å². The molecule has 1 aromatic carbocycles. The summed E-state index contributed by atoms with van der Waals surface area (Å²) >= 11 is 3.53. The zero-order valence-electron chi connectivity index (χ0n) is 12.3. The third-order valence-electron chi connectivity index (χ3n) is 3.72. The quantitative estimate of drug-likeness (QED) is 0.881. The molecule has 0 amide bonds. The summed E-state index contributed by atoms with van der Waals surface area (Å²) in [6.45, 7) is 6.74. The van der Waals surface area contributed by atoms with Crippen LogP contribution in [0, 0.1) is 0 Å². The lowest BCUT2D eigenvalue weighted by Crippen LogP contribution is -2.40. The van der Waals surface area contributed by atoms with E-state index in [0.29, 0.717) is 6.10 Å². The van der Waals surface area contributed by atoms with Crippen LogP contribution in [0.25, 0.3) is 0 Å². The van der Waals surface area contributed by atoms with Crippen molar-refractivity contribution in [3.05, 3.63) is 28.2 Å². The highest BCUT2D eigenvalue weighted by molar-refractivity contribution is 9.10. The van der Waals surface area contributed by atoms with E-state index in [1.54, 1.807) is 0 Å². The summed E-state index contributed by atoms with van der Waals surface area (Å²) in [5, 5.41) is 9.96. The van der Waals surface area contributed by atoms with Crippen LogP contribution >= 0.6 is 15.9 Å². The number of benzene rings is 1. The van der Waals surface area contributed by atoms with Crippen LogP contribution in [0.15, 0.2) is 22.7 Å². The molecule has 1 N–H and O–H groups in total. The molecule has 0 saturated carbocycles. The number of anilines is 1. The Hall–Kier alpha value is -0.580. The van der Waals surface area contributed by atoms with E-state index in [0.717, 1.165) is 54.7 Å². The fourth-order valence-electron chi connectivity index (χ4n) is 2.72. The highest BCUT2D eigenvalue weighted by Gasteiger charge is 2.23. The second-order valence-electron chi connectivity index (χ2n) is 5.46. The van der Waals surface area contributed by atoms with E-state index in [2.05, 4.69) is 33.8 Å². The third-order valence-corrected chi connectivity index (χ3v) is 4.21. The van der Waals surface area contributed by atoms with E-state index in [9.17, 15) is 5.11 Å². The Kier molecular flexibility index (Phi) is 5.87. The first-order valence-electron chi connectivity index (χ1n) is 7.46. The first kappa shape index (κ1) is 15.8. The van der Waals surface area contributed by atoms with Crippen LogP contribution in [0.4, 0.5) is 5.69 Å². The molecule has 0 bridgehead atoms. The highest BCUT2D eigenvalue weighted by atomic mass is 79.9. The summed E-state index contributed by atoms with van der Waals surface area (Å²) in [6, 6.07) is 6.09. The second-order valence-corrected chi connectivity index (χ2v) is 6.38. The SMILES string of the molecule is CCCOC1CCCN(c2cc(Br)ccc2C(C)O)C1. The number of nitrogens with zero attached hydrogens (tertiary/aromatic N) is 1. The minimum atomic E-state index is -0.449. The molecule has 0 aliphatic carbocycles. The maximum absolute atomic E-state index is 9.96. The van der Waals surface area contributed by atoms with Crippen LogP contribution in [0.1, 0.15) is 44.8 Å². The first-order valence-corrected chi connectivity index (χ1v) is 8.25. The molecule has 20 heavy (non-hydrogen) atoms.